The molecule has 4 N–H and O–H groups in total. The van der Waals surface area contributed by atoms with E-state index < -0.39 is 33.4 Å². The van der Waals surface area contributed by atoms with Crippen LogP contribution in [0.2, 0.25) is 5.02 Å². The van der Waals surface area contributed by atoms with Crippen molar-refractivity contribution in [3.63, 3.8) is 0 Å². The number of rotatable bonds is 18. The Morgan fingerprint density at radius 1 is 0.881 bits per heavy atom. The van der Waals surface area contributed by atoms with E-state index in [9.17, 15) is 36.0 Å². The summed E-state index contributed by atoms with van der Waals surface area (Å²) in [4.78, 5) is 39.8. The molecule has 18 heteroatoms. The van der Waals surface area contributed by atoms with E-state index in [1.165, 1.54) is 28.8 Å². The highest BCUT2D eigenvalue weighted by Gasteiger charge is 2.31. The minimum Gasteiger partial charge on any atom is -0.380 e. The summed E-state index contributed by atoms with van der Waals surface area (Å²) >= 11 is 7.82. The number of sulfonamides is 1. The monoisotopic (exact) mass is 1010 g/mol. The lowest BCUT2D eigenvalue weighted by Crippen LogP contribution is -2.47. The molecule has 0 unspecified atom stereocenters. The summed E-state index contributed by atoms with van der Waals surface area (Å²) < 4.78 is 67.5. The number of allylic oxidation sites excluding steroid dienone is 1. The Morgan fingerprint density at radius 2 is 1.55 bits per heavy atom. The summed E-state index contributed by atoms with van der Waals surface area (Å²) in [6.07, 6.45) is 6.15. The summed E-state index contributed by atoms with van der Waals surface area (Å²) in [5, 5.41) is 4.13. The number of sulfone groups is 1. The SMILES string of the molecule is CC1(C)CCC(c2ccc(Cl)cc2)=C(CN2CCN(c3ccc(C(=O)NS(=O)(=O)c4ccc(N[C@H](CCN5CCC(CP(=O)(O)O)CC5)CSc5ccccc5)c(S(C)(=O)=O)c4)cc3)CC2)C1. The topological polar surface area (TPSA) is 177 Å². The van der Waals surface area contributed by atoms with E-state index in [-0.39, 0.29) is 44.6 Å². The molecule has 13 nitrogen and oxygen atoms in total. The van der Waals surface area contributed by atoms with E-state index in [2.05, 4.69) is 50.7 Å². The molecular weight excluding hydrogens is 949 g/mol. The van der Waals surface area contributed by atoms with Crippen LogP contribution >= 0.6 is 31.0 Å². The number of anilines is 2. The zero-order valence-corrected chi connectivity index (χ0v) is 42.5. The van der Waals surface area contributed by atoms with Crippen molar-refractivity contribution in [2.45, 2.75) is 73.1 Å². The maximum absolute atomic E-state index is 13.7. The molecule has 4 aromatic rings. The van der Waals surface area contributed by atoms with Crippen molar-refractivity contribution >= 4 is 73.7 Å². The van der Waals surface area contributed by atoms with Gasteiger partial charge in [0, 0.05) is 78.5 Å². The quantitative estimate of drug-likeness (QED) is 0.0552. The minimum atomic E-state index is -4.48. The molecule has 0 spiro atoms. The van der Waals surface area contributed by atoms with Gasteiger partial charge in [-0.1, -0.05) is 61.4 Å². The summed E-state index contributed by atoms with van der Waals surface area (Å²) in [5.41, 5.74) is 5.75. The molecule has 1 aliphatic carbocycles. The van der Waals surface area contributed by atoms with Gasteiger partial charge in [-0.05, 0) is 141 Å². The first-order valence-electron chi connectivity index (χ1n) is 22.9. The smallest absolute Gasteiger partial charge is 0.325 e. The lowest BCUT2D eigenvalue weighted by molar-refractivity contribution is 0.0981. The third-order valence-corrected chi connectivity index (χ3v) is 18.0. The van der Waals surface area contributed by atoms with Crippen molar-refractivity contribution in [1.82, 2.24) is 14.5 Å². The van der Waals surface area contributed by atoms with E-state index in [4.69, 9.17) is 11.6 Å². The Bertz CT molecular complexity index is 2650. The molecule has 1 atom stereocenters. The van der Waals surface area contributed by atoms with Crippen LogP contribution in [0.3, 0.4) is 0 Å². The highest BCUT2D eigenvalue weighted by atomic mass is 35.5. The first-order chi connectivity index (χ1) is 31.7. The Balaban J connectivity index is 0.973. The van der Waals surface area contributed by atoms with Crippen molar-refractivity contribution in [3.05, 3.63) is 119 Å². The van der Waals surface area contributed by atoms with Crippen molar-refractivity contribution in [3.8, 4) is 0 Å². The Hall–Kier alpha value is -3.70. The van der Waals surface area contributed by atoms with Gasteiger partial charge in [-0.2, -0.15) is 0 Å². The molecule has 2 aliphatic heterocycles. The summed E-state index contributed by atoms with van der Waals surface area (Å²) in [7, 11) is -12.5. The zero-order valence-electron chi connectivity index (χ0n) is 38.4. The van der Waals surface area contributed by atoms with Crippen LogP contribution in [0, 0.1) is 11.3 Å². The number of nitrogens with zero attached hydrogens (tertiary/aromatic N) is 3. The Morgan fingerprint density at radius 3 is 2.19 bits per heavy atom. The van der Waals surface area contributed by atoms with Gasteiger partial charge in [0.25, 0.3) is 15.9 Å². The molecule has 2 heterocycles. The van der Waals surface area contributed by atoms with Crippen LogP contribution in [-0.2, 0) is 24.4 Å². The molecule has 362 valence electrons. The van der Waals surface area contributed by atoms with Gasteiger partial charge in [-0.3, -0.25) is 14.3 Å². The van der Waals surface area contributed by atoms with Crippen LogP contribution in [0.1, 0.15) is 68.3 Å². The highest BCUT2D eigenvalue weighted by Crippen LogP contribution is 2.43. The number of nitrogens with one attached hydrogen (secondary N) is 2. The molecular formula is C49H63ClN5O8PS3. The number of hydrogen-bond acceptors (Lipinski definition) is 11. The molecule has 2 saturated heterocycles. The van der Waals surface area contributed by atoms with Crippen LogP contribution in [0.15, 0.2) is 117 Å². The van der Waals surface area contributed by atoms with Crippen LogP contribution < -0.4 is 14.9 Å². The van der Waals surface area contributed by atoms with Crippen LogP contribution in [-0.4, -0.2) is 119 Å². The first kappa shape index (κ1) is 51.2. The number of hydrogen-bond donors (Lipinski definition) is 4. The number of benzene rings is 4. The number of amides is 1. The average molecular weight is 1010 g/mol. The summed E-state index contributed by atoms with van der Waals surface area (Å²) in [5.74, 6) is -0.283. The molecule has 0 bridgehead atoms. The largest absolute Gasteiger partial charge is 0.380 e. The summed E-state index contributed by atoms with van der Waals surface area (Å²) in [6.45, 7) is 11.0. The van der Waals surface area contributed by atoms with E-state index in [1.807, 2.05) is 54.6 Å². The fourth-order valence-corrected chi connectivity index (χ4v) is 13.5. The number of halogens is 1. The predicted octanol–water partition coefficient (Wildman–Crippen LogP) is 8.50. The van der Waals surface area contributed by atoms with Crippen LogP contribution in [0.4, 0.5) is 11.4 Å². The van der Waals surface area contributed by atoms with Crippen LogP contribution in [0.25, 0.3) is 5.57 Å². The lowest BCUT2D eigenvalue weighted by atomic mass is 9.73. The number of thioether (sulfide) groups is 1. The molecule has 3 aliphatic rings. The van der Waals surface area contributed by atoms with Gasteiger partial charge in [0.05, 0.1) is 21.6 Å². The normalized spacial score (nSPS) is 18.4. The molecule has 67 heavy (non-hydrogen) atoms. The molecule has 0 radical (unpaired) electrons. The predicted molar refractivity (Wildman–Crippen MR) is 271 cm³/mol. The fourth-order valence-electron chi connectivity index (χ4n) is 9.36. The molecule has 0 aromatic heterocycles. The van der Waals surface area contributed by atoms with Gasteiger partial charge in [-0.25, -0.2) is 21.6 Å². The highest BCUT2D eigenvalue weighted by molar-refractivity contribution is 7.99. The van der Waals surface area contributed by atoms with Gasteiger partial charge < -0.3 is 24.9 Å². The summed E-state index contributed by atoms with van der Waals surface area (Å²) in [6, 6.07) is 28.4. The van der Waals surface area contributed by atoms with Crippen molar-refractivity contribution in [2.75, 3.05) is 80.7 Å². The average Bonchev–Trinajstić information content (AvgIpc) is 3.28. The second-order valence-corrected chi connectivity index (χ2v) is 25.9. The Kier molecular flexibility index (Phi) is 16.8. The number of carbonyl (C=O) groups excluding carboxylic acids is 1. The van der Waals surface area contributed by atoms with Crippen molar-refractivity contribution in [2.24, 2.45) is 11.3 Å². The van der Waals surface area contributed by atoms with Crippen LogP contribution in [0.5, 0.6) is 0 Å². The van der Waals surface area contributed by atoms with Crippen molar-refractivity contribution in [1.29, 1.82) is 0 Å². The number of likely N-dealkylation sites (tertiary alicyclic amines) is 1. The third kappa shape index (κ3) is 14.7. The Labute approximate surface area is 405 Å². The van der Waals surface area contributed by atoms with Gasteiger partial charge in [0.15, 0.2) is 9.84 Å². The number of piperazine rings is 1. The number of piperidine rings is 1. The van der Waals surface area contributed by atoms with E-state index in [1.54, 1.807) is 23.9 Å². The second kappa shape index (κ2) is 21.9. The van der Waals surface area contributed by atoms with Gasteiger partial charge in [0.2, 0.25) is 0 Å². The minimum absolute atomic E-state index is 0.0333. The third-order valence-electron chi connectivity index (χ3n) is 13.1. The first-order valence-corrected chi connectivity index (χ1v) is 29.4. The van der Waals surface area contributed by atoms with Gasteiger partial charge >= 0.3 is 7.60 Å². The molecule has 0 saturated carbocycles. The molecule has 4 aromatic carbocycles. The molecule has 1 amide bonds. The zero-order chi connectivity index (χ0) is 48.0. The van der Waals surface area contributed by atoms with E-state index in [0.717, 1.165) is 79.9 Å². The maximum Gasteiger partial charge on any atom is 0.325 e. The van der Waals surface area contributed by atoms with Crippen molar-refractivity contribution < 1.29 is 36.0 Å². The van der Waals surface area contributed by atoms with E-state index in [0.29, 0.717) is 44.6 Å². The fraction of sp³-hybridized carbons (Fsp3) is 0.449. The van der Waals surface area contributed by atoms with Gasteiger partial charge in [0.1, 0.15) is 0 Å². The number of carbonyl (C=O) groups is 1. The second-order valence-electron chi connectivity index (χ2n) is 19.0. The molecule has 2 fully saturated rings. The maximum atomic E-state index is 13.7. The lowest BCUT2D eigenvalue weighted by Gasteiger charge is -2.39. The van der Waals surface area contributed by atoms with E-state index >= 15 is 0 Å². The standard InChI is InChI=1S/C49H63ClN5O8PS3/c1-49(2)23-19-45(37-9-13-40(50)14-10-37)39(32-49)33-54-27-29-55(30-28-54)42-15-11-38(12-16-42)48(56)52-67(62,63)44-17-18-46(47(31-44)66(3,60)61)51-41(35-65-43-7-5-4-6-8-43)22-26-53-24-20-36(21-25-53)34-64(57,58)59/h4-18,31,36,41,51H,19-30,32-35H2,1-3H3,(H,52,56)(H2,57,58,59)/t41-/m1/s1. The van der Waals surface area contributed by atoms with Gasteiger partial charge in [-0.15, -0.1) is 11.8 Å². The molecule has 7 rings (SSSR count).